The average Bonchev–Trinajstić information content (AvgIpc) is 2.67. The van der Waals surface area contributed by atoms with Crippen LogP contribution in [0.2, 0.25) is 0 Å². The van der Waals surface area contributed by atoms with E-state index in [1.54, 1.807) is 0 Å². The minimum Gasteiger partial charge on any atom is -0.393 e. The summed E-state index contributed by atoms with van der Waals surface area (Å²) in [4.78, 5) is 30.6. The summed E-state index contributed by atoms with van der Waals surface area (Å²) in [6, 6.07) is 9.48. The van der Waals surface area contributed by atoms with Crippen molar-refractivity contribution in [3.63, 3.8) is 0 Å². The van der Waals surface area contributed by atoms with E-state index < -0.39 is 23.3 Å². The molecule has 2 rings (SSSR count). The zero-order chi connectivity index (χ0) is 16.9. The molecule has 0 bridgehead atoms. The van der Waals surface area contributed by atoms with Crippen molar-refractivity contribution in [1.29, 1.82) is 0 Å². The van der Waals surface area contributed by atoms with Gasteiger partial charge < -0.3 is 10.8 Å². The van der Waals surface area contributed by atoms with E-state index in [0.29, 0.717) is 13.0 Å². The third-order valence-corrected chi connectivity index (χ3v) is 4.00. The Morgan fingerprint density at radius 1 is 1.39 bits per heavy atom. The molecule has 1 aromatic carbocycles. The Bertz CT molecular complexity index is 547. The second-order valence-corrected chi connectivity index (χ2v) is 6.07. The van der Waals surface area contributed by atoms with Gasteiger partial charge in [0.1, 0.15) is 6.61 Å². The smallest absolute Gasteiger partial charge is 0.273 e. The number of hydrogen-bond acceptors (Lipinski definition) is 5. The van der Waals surface area contributed by atoms with Crippen molar-refractivity contribution >= 4 is 11.7 Å². The first-order valence-corrected chi connectivity index (χ1v) is 7.92. The number of nitrogens with zero attached hydrogens (tertiary/aromatic N) is 1. The summed E-state index contributed by atoms with van der Waals surface area (Å²) in [5, 5.41) is 10.6. The number of carbonyl (C=O) groups excluding carboxylic acids is 2. The van der Waals surface area contributed by atoms with E-state index in [1.807, 2.05) is 30.3 Å². The Hall–Kier alpha value is -1.76. The van der Waals surface area contributed by atoms with Crippen molar-refractivity contribution < 1.29 is 19.5 Å². The van der Waals surface area contributed by atoms with E-state index in [2.05, 4.69) is 0 Å². The zero-order valence-electron chi connectivity index (χ0n) is 13.4. The second-order valence-electron chi connectivity index (χ2n) is 6.07. The number of nitrogens with two attached hydrogens (primary N) is 1. The lowest BCUT2D eigenvalue weighted by Gasteiger charge is -2.30. The number of aliphatic hydroxyl groups is 1. The minimum atomic E-state index is -1.61. The summed E-state index contributed by atoms with van der Waals surface area (Å²) in [5.74, 6) is -0.954. The number of aliphatic hydroxyl groups excluding tert-OH is 1. The SMILES string of the molecule is C[C@@H](O)CC(=O)C1(N)CCCCN(OCc2ccccc2)C1=O. The van der Waals surface area contributed by atoms with Gasteiger partial charge in [-0.2, -0.15) is 0 Å². The van der Waals surface area contributed by atoms with E-state index in [4.69, 9.17) is 10.6 Å². The highest BCUT2D eigenvalue weighted by Crippen LogP contribution is 2.23. The fraction of sp³-hybridized carbons (Fsp3) is 0.529. The van der Waals surface area contributed by atoms with Gasteiger partial charge in [-0.05, 0) is 31.7 Å². The molecule has 1 aliphatic heterocycles. The molecule has 1 aromatic rings. The number of Topliss-reactive ketones (excluding diaryl/α,β-unsaturated/α-hetero) is 1. The van der Waals surface area contributed by atoms with E-state index in [-0.39, 0.29) is 19.4 Å². The largest absolute Gasteiger partial charge is 0.393 e. The molecule has 6 nitrogen and oxygen atoms in total. The summed E-state index contributed by atoms with van der Waals surface area (Å²) >= 11 is 0. The molecule has 0 aromatic heterocycles. The molecule has 6 heteroatoms. The highest BCUT2D eigenvalue weighted by molar-refractivity contribution is 6.10. The van der Waals surface area contributed by atoms with Gasteiger partial charge in [0.15, 0.2) is 11.3 Å². The number of benzene rings is 1. The monoisotopic (exact) mass is 320 g/mol. The fourth-order valence-electron chi connectivity index (χ4n) is 2.65. The Morgan fingerprint density at radius 2 is 2.09 bits per heavy atom. The number of rotatable bonds is 6. The van der Waals surface area contributed by atoms with Crippen molar-refractivity contribution in [2.75, 3.05) is 6.54 Å². The predicted molar refractivity (Wildman–Crippen MR) is 85.0 cm³/mol. The van der Waals surface area contributed by atoms with Gasteiger partial charge in [0.05, 0.1) is 6.10 Å². The molecule has 1 unspecified atom stereocenters. The molecule has 1 amide bonds. The maximum atomic E-state index is 12.7. The third-order valence-electron chi connectivity index (χ3n) is 4.00. The Balaban J connectivity index is 2.08. The topological polar surface area (TPSA) is 92.9 Å². The van der Waals surface area contributed by atoms with Gasteiger partial charge in [-0.1, -0.05) is 30.3 Å². The summed E-state index contributed by atoms with van der Waals surface area (Å²) in [6.45, 7) is 2.16. The molecular weight excluding hydrogens is 296 g/mol. The molecule has 1 saturated heterocycles. The standard InChI is InChI=1S/C17H24N2O4/c1-13(20)11-15(21)17(18)9-5-6-10-19(16(17)22)23-12-14-7-3-2-4-8-14/h2-4,7-8,13,20H,5-6,9-12,18H2,1H3/t13-,17?/m1/s1. The normalized spacial score (nSPS) is 23.4. The molecule has 126 valence electrons. The maximum Gasteiger partial charge on any atom is 0.273 e. The van der Waals surface area contributed by atoms with Gasteiger partial charge in [0.2, 0.25) is 0 Å². The van der Waals surface area contributed by atoms with Crippen LogP contribution in [0.25, 0.3) is 0 Å². The molecule has 2 atom stereocenters. The van der Waals surface area contributed by atoms with Crippen LogP contribution in [0.15, 0.2) is 30.3 Å². The van der Waals surface area contributed by atoms with Gasteiger partial charge in [-0.15, -0.1) is 0 Å². The van der Waals surface area contributed by atoms with Crippen LogP contribution >= 0.6 is 0 Å². The van der Waals surface area contributed by atoms with E-state index in [0.717, 1.165) is 12.0 Å². The highest BCUT2D eigenvalue weighted by atomic mass is 16.7. The lowest BCUT2D eigenvalue weighted by atomic mass is 9.86. The fourth-order valence-corrected chi connectivity index (χ4v) is 2.65. The lowest BCUT2D eigenvalue weighted by molar-refractivity contribution is -0.195. The quantitative estimate of drug-likeness (QED) is 0.768. The van der Waals surface area contributed by atoms with E-state index >= 15 is 0 Å². The van der Waals surface area contributed by atoms with Crippen molar-refractivity contribution in [2.45, 2.75) is 50.9 Å². The van der Waals surface area contributed by atoms with Crippen molar-refractivity contribution in [2.24, 2.45) is 5.73 Å². The van der Waals surface area contributed by atoms with Crippen molar-refractivity contribution in [3.8, 4) is 0 Å². The summed E-state index contributed by atoms with van der Waals surface area (Å²) in [7, 11) is 0. The molecule has 1 heterocycles. The number of ketones is 1. The van der Waals surface area contributed by atoms with Crippen LogP contribution in [-0.4, -0.2) is 40.0 Å². The lowest BCUT2D eigenvalue weighted by Crippen LogP contribution is -2.59. The second kappa shape index (κ2) is 7.68. The summed E-state index contributed by atoms with van der Waals surface area (Å²) in [5.41, 5.74) is 5.45. The first kappa shape index (κ1) is 17.6. The molecule has 1 fully saturated rings. The number of hydrogen-bond donors (Lipinski definition) is 2. The maximum absolute atomic E-state index is 12.7. The first-order valence-electron chi connectivity index (χ1n) is 7.92. The highest BCUT2D eigenvalue weighted by Gasteiger charge is 2.45. The minimum absolute atomic E-state index is 0.130. The first-order chi connectivity index (χ1) is 10.9. The van der Waals surface area contributed by atoms with Crippen LogP contribution in [0.3, 0.4) is 0 Å². The molecular formula is C17H24N2O4. The van der Waals surface area contributed by atoms with Gasteiger partial charge >= 0.3 is 0 Å². The molecule has 1 aliphatic rings. The summed E-state index contributed by atoms with van der Waals surface area (Å²) in [6.07, 6.45) is 0.718. The number of carbonyl (C=O) groups is 2. The predicted octanol–water partition coefficient (Wildman–Crippen LogP) is 1.17. The number of amides is 1. The van der Waals surface area contributed by atoms with E-state index in [9.17, 15) is 14.7 Å². The van der Waals surface area contributed by atoms with Gasteiger partial charge in [0.25, 0.3) is 5.91 Å². The van der Waals surface area contributed by atoms with Crippen LogP contribution in [0.5, 0.6) is 0 Å². The molecule has 23 heavy (non-hydrogen) atoms. The summed E-state index contributed by atoms with van der Waals surface area (Å²) < 4.78 is 0. The van der Waals surface area contributed by atoms with Gasteiger partial charge in [0, 0.05) is 13.0 Å². The van der Waals surface area contributed by atoms with Crippen molar-refractivity contribution in [1.82, 2.24) is 5.06 Å². The third kappa shape index (κ3) is 4.37. The average molecular weight is 320 g/mol. The van der Waals surface area contributed by atoms with Crippen LogP contribution in [0.1, 0.15) is 38.2 Å². The van der Waals surface area contributed by atoms with Crippen LogP contribution in [-0.2, 0) is 21.0 Å². The van der Waals surface area contributed by atoms with Gasteiger partial charge in [-0.3, -0.25) is 14.4 Å². The van der Waals surface area contributed by atoms with Crippen molar-refractivity contribution in [3.05, 3.63) is 35.9 Å². The molecule has 0 radical (unpaired) electrons. The Morgan fingerprint density at radius 3 is 2.74 bits per heavy atom. The molecule has 0 saturated carbocycles. The Kier molecular flexibility index (Phi) is 5.87. The Labute approximate surface area is 136 Å². The zero-order valence-corrected chi connectivity index (χ0v) is 13.4. The van der Waals surface area contributed by atoms with Crippen LogP contribution in [0, 0.1) is 0 Å². The molecule has 0 aliphatic carbocycles. The number of hydroxylamine groups is 2. The molecule has 0 spiro atoms. The molecule has 3 N–H and O–H groups in total. The van der Waals surface area contributed by atoms with Crippen LogP contribution < -0.4 is 5.73 Å². The van der Waals surface area contributed by atoms with Gasteiger partial charge in [-0.25, -0.2) is 5.06 Å². The van der Waals surface area contributed by atoms with Crippen LogP contribution in [0.4, 0.5) is 0 Å². The van der Waals surface area contributed by atoms with E-state index in [1.165, 1.54) is 12.0 Å².